The summed E-state index contributed by atoms with van der Waals surface area (Å²) in [6.07, 6.45) is 0. The van der Waals surface area contributed by atoms with Crippen molar-refractivity contribution in [3.05, 3.63) is 42.5 Å². The van der Waals surface area contributed by atoms with Crippen LogP contribution in [0.4, 0.5) is 0 Å². The highest BCUT2D eigenvalue weighted by molar-refractivity contribution is 6.79. The molecular weight excluding hydrogens is 397 g/mol. The number of rotatable bonds is 2. The van der Waals surface area contributed by atoms with Crippen LogP contribution in [0.25, 0.3) is 5.70 Å². The average Bonchev–Trinajstić information content (AvgIpc) is 2.36. The number of halogens is 6. The zero-order chi connectivity index (χ0) is 16.3. The smallest absolute Gasteiger partial charge is 0.234 e. The lowest BCUT2D eigenvalue weighted by molar-refractivity contribution is 1.35. The molecule has 8 heteroatoms. The molecule has 0 unspecified atom stereocenters. The van der Waals surface area contributed by atoms with Crippen molar-refractivity contribution in [3.63, 3.8) is 0 Å². The van der Waals surface area contributed by atoms with E-state index in [0.29, 0.717) is 5.70 Å². The van der Waals surface area contributed by atoms with Crippen LogP contribution >= 0.6 is 69.6 Å². The molecule has 0 aromatic heterocycles. The van der Waals surface area contributed by atoms with Crippen LogP contribution in [0, 0.1) is 0 Å². The molecule has 0 bridgehead atoms. The van der Waals surface area contributed by atoms with Crippen LogP contribution in [0.2, 0.25) is 0 Å². The number of aliphatic imine (C=N–C) groups is 2. The average molecular weight is 407 g/mol. The molecular formula is C13H10Cl6N2. The van der Waals surface area contributed by atoms with Gasteiger partial charge < -0.3 is 0 Å². The van der Waals surface area contributed by atoms with Crippen molar-refractivity contribution in [3.8, 4) is 0 Å². The van der Waals surface area contributed by atoms with E-state index >= 15 is 0 Å². The van der Waals surface area contributed by atoms with Crippen LogP contribution in [0.1, 0.15) is 12.5 Å². The Morgan fingerprint density at radius 1 is 0.905 bits per heavy atom. The summed E-state index contributed by atoms with van der Waals surface area (Å²) < 4.78 is -3.60. The quantitative estimate of drug-likeness (QED) is 0.314. The van der Waals surface area contributed by atoms with Gasteiger partial charge in [-0.05, 0) is 12.5 Å². The molecule has 1 aromatic rings. The molecule has 0 amide bonds. The minimum absolute atomic E-state index is 0.124. The summed E-state index contributed by atoms with van der Waals surface area (Å²) in [5, 5.41) is 0. The molecule has 0 saturated carbocycles. The number of amidine groups is 1. The Bertz CT molecular complexity index is 567. The molecule has 0 radical (unpaired) electrons. The molecule has 0 atom stereocenters. The van der Waals surface area contributed by atoms with Gasteiger partial charge in [-0.3, -0.25) is 0 Å². The number of alkyl halides is 6. The lowest BCUT2D eigenvalue weighted by Gasteiger charge is -2.15. The van der Waals surface area contributed by atoms with Gasteiger partial charge in [-0.15, -0.1) is 0 Å². The van der Waals surface area contributed by atoms with Gasteiger partial charge in [-0.1, -0.05) is 107 Å². The molecule has 2 nitrogen and oxygen atoms in total. The van der Waals surface area contributed by atoms with Crippen molar-refractivity contribution in [2.75, 3.05) is 0 Å². The predicted octanol–water partition coefficient (Wildman–Crippen LogP) is 6.26. The predicted molar refractivity (Wildman–Crippen MR) is 96.6 cm³/mol. The second kappa shape index (κ2) is 7.54. The summed E-state index contributed by atoms with van der Waals surface area (Å²) in [5.41, 5.74) is 1.25. The monoisotopic (exact) mass is 404 g/mol. The van der Waals surface area contributed by atoms with E-state index in [1.807, 2.05) is 30.3 Å². The van der Waals surface area contributed by atoms with Gasteiger partial charge in [0.05, 0.1) is 11.4 Å². The van der Waals surface area contributed by atoms with Gasteiger partial charge in [-0.25, -0.2) is 9.98 Å². The van der Waals surface area contributed by atoms with E-state index in [1.165, 1.54) is 6.92 Å². The van der Waals surface area contributed by atoms with E-state index in [1.54, 1.807) is 0 Å². The largest absolute Gasteiger partial charge is 0.250 e. The second-order valence-electron chi connectivity index (χ2n) is 3.94. The van der Waals surface area contributed by atoms with Gasteiger partial charge in [0.1, 0.15) is 0 Å². The summed E-state index contributed by atoms with van der Waals surface area (Å²) in [6.45, 7) is 5.31. The maximum Gasteiger partial charge on any atom is 0.250 e. The molecule has 0 N–H and O–H groups in total. The van der Waals surface area contributed by atoms with Crippen LogP contribution in [0.15, 0.2) is 46.9 Å². The van der Waals surface area contributed by atoms with E-state index in [4.69, 9.17) is 69.6 Å². The van der Waals surface area contributed by atoms with Crippen LogP contribution < -0.4 is 0 Å². The van der Waals surface area contributed by atoms with E-state index in [2.05, 4.69) is 16.6 Å². The standard InChI is InChI=1S/C13H10Cl6N2/c1-8(10-6-4-3-5-7-10)20-11(13(17,18)19)21-9(2)12(14,15)16/h3-7H,1H2,2H3/b20-11-,21-9+. The first-order valence-electron chi connectivity index (χ1n) is 5.54. The highest BCUT2D eigenvalue weighted by atomic mass is 35.6. The zero-order valence-corrected chi connectivity index (χ0v) is 15.3. The maximum absolute atomic E-state index is 5.85. The van der Waals surface area contributed by atoms with Gasteiger partial charge in [0, 0.05) is 0 Å². The fourth-order valence-corrected chi connectivity index (χ4v) is 1.58. The summed E-state index contributed by atoms with van der Waals surface area (Å²) in [7, 11) is 0. The van der Waals surface area contributed by atoms with Gasteiger partial charge in [0.25, 0.3) is 0 Å². The summed E-state index contributed by atoms with van der Waals surface area (Å²) in [5.74, 6) is -0.134. The third-order valence-electron chi connectivity index (χ3n) is 2.29. The molecule has 0 aliphatic carbocycles. The summed E-state index contributed by atoms with van der Waals surface area (Å²) in [4.78, 5) is 8.13. The third kappa shape index (κ3) is 6.35. The fourth-order valence-electron chi connectivity index (χ4n) is 1.20. The normalized spacial score (nSPS) is 14.2. The van der Waals surface area contributed by atoms with Crippen molar-refractivity contribution in [2.24, 2.45) is 9.98 Å². The molecule has 0 spiro atoms. The summed E-state index contributed by atoms with van der Waals surface area (Å²) >= 11 is 34.7. The second-order valence-corrected chi connectivity index (χ2v) is 8.50. The lowest BCUT2D eigenvalue weighted by atomic mass is 10.2. The third-order valence-corrected chi connectivity index (χ3v) is 3.61. The summed E-state index contributed by atoms with van der Waals surface area (Å²) in [6, 6.07) is 9.16. The number of hydrogen-bond acceptors (Lipinski definition) is 1. The molecule has 0 aliphatic rings. The van der Waals surface area contributed by atoms with Crippen molar-refractivity contribution >= 4 is 86.8 Å². The molecule has 114 valence electrons. The molecule has 0 fully saturated rings. The Balaban J connectivity index is 3.22. The topological polar surface area (TPSA) is 24.7 Å². The van der Waals surface area contributed by atoms with E-state index in [-0.39, 0.29) is 11.5 Å². The first-order valence-corrected chi connectivity index (χ1v) is 7.81. The SMILES string of the molecule is C=C(/N=C(\N=C(/C)C(Cl)(Cl)Cl)C(Cl)(Cl)Cl)c1ccccc1. The Morgan fingerprint density at radius 3 is 1.86 bits per heavy atom. The maximum atomic E-state index is 5.85. The minimum atomic E-state index is -1.88. The van der Waals surface area contributed by atoms with E-state index in [9.17, 15) is 0 Å². The molecule has 0 aliphatic heterocycles. The molecule has 1 rings (SSSR count). The Kier molecular flexibility index (Phi) is 6.85. The van der Waals surface area contributed by atoms with Crippen molar-refractivity contribution in [1.29, 1.82) is 0 Å². The molecule has 0 heterocycles. The van der Waals surface area contributed by atoms with Gasteiger partial charge in [0.15, 0.2) is 5.84 Å². The van der Waals surface area contributed by atoms with Crippen molar-refractivity contribution in [2.45, 2.75) is 14.5 Å². The highest BCUT2D eigenvalue weighted by Gasteiger charge is 2.31. The fraction of sp³-hybridized carbons (Fsp3) is 0.231. The van der Waals surface area contributed by atoms with E-state index < -0.39 is 7.59 Å². The van der Waals surface area contributed by atoms with Crippen molar-refractivity contribution < 1.29 is 0 Å². The van der Waals surface area contributed by atoms with Gasteiger partial charge in [-0.2, -0.15) is 0 Å². The minimum Gasteiger partial charge on any atom is -0.234 e. The molecule has 21 heavy (non-hydrogen) atoms. The van der Waals surface area contributed by atoms with Gasteiger partial charge >= 0.3 is 0 Å². The number of nitrogens with zero attached hydrogens (tertiary/aromatic N) is 2. The van der Waals surface area contributed by atoms with Gasteiger partial charge in [0.2, 0.25) is 7.59 Å². The molecule has 0 saturated heterocycles. The number of hydrogen-bond donors (Lipinski definition) is 0. The Morgan fingerprint density at radius 2 is 1.43 bits per heavy atom. The first-order chi connectivity index (χ1) is 9.51. The van der Waals surface area contributed by atoms with Crippen molar-refractivity contribution in [1.82, 2.24) is 0 Å². The van der Waals surface area contributed by atoms with E-state index in [0.717, 1.165) is 5.56 Å². The molecule has 1 aromatic carbocycles. The number of benzene rings is 1. The zero-order valence-electron chi connectivity index (χ0n) is 10.8. The van der Waals surface area contributed by atoms with Crippen LogP contribution in [-0.4, -0.2) is 19.1 Å². The van der Waals surface area contributed by atoms with Crippen LogP contribution in [0.5, 0.6) is 0 Å². The lowest BCUT2D eigenvalue weighted by Crippen LogP contribution is -2.23. The highest BCUT2D eigenvalue weighted by Crippen LogP contribution is 2.33. The van der Waals surface area contributed by atoms with Crippen LogP contribution in [-0.2, 0) is 0 Å². The Hall–Kier alpha value is 0.0400. The first kappa shape index (κ1) is 19.1. The van der Waals surface area contributed by atoms with Crippen LogP contribution in [0.3, 0.4) is 0 Å². The Labute approximate surface area is 153 Å².